The van der Waals surface area contributed by atoms with Crippen molar-refractivity contribution in [3.8, 4) is 0 Å². The van der Waals surface area contributed by atoms with E-state index in [1.54, 1.807) is 0 Å². The van der Waals surface area contributed by atoms with E-state index in [2.05, 4.69) is 42.4 Å². The van der Waals surface area contributed by atoms with Gasteiger partial charge >= 0.3 is 0 Å². The van der Waals surface area contributed by atoms with Crippen LogP contribution in [0.3, 0.4) is 0 Å². The SMILES string of the molecule is Cc1cc(C)cc(NC(N)=NCc2cccn2C)c1. The quantitative estimate of drug-likeness (QED) is 0.655. The summed E-state index contributed by atoms with van der Waals surface area (Å²) in [5.41, 5.74) is 10.4. The van der Waals surface area contributed by atoms with Gasteiger partial charge in [-0.2, -0.15) is 0 Å². The molecule has 1 aromatic heterocycles. The predicted octanol–water partition coefficient (Wildman–Crippen LogP) is 2.57. The van der Waals surface area contributed by atoms with Crippen molar-refractivity contribution in [2.24, 2.45) is 17.8 Å². The lowest BCUT2D eigenvalue weighted by Crippen LogP contribution is -2.22. The minimum absolute atomic E-state index is 0.436. The van der Waals surface area contributed by atoms with Crippen LogP contribution in [-0.2, 0) is 13.6 Å². The van der Waals surface area contributed by atoms with E-state index in [1.807, 2.05) is 29.9 Å². The minimum atomic E-state index is 0.436. The number of nitrogens with zero attached hydrogens (tertiary/aromatic N) is 2. The fourth-order valence-electron chi connectivity index (χ4n) is 2.06. The number of aryl methyl sites for hydroxylation is 3. The van der Waals surface area contributed by atoms with Crippen LogP contribution >= 0.6 is 0 Å². The molecule has 1 aromatic carbocycles. The monoisotopic (exact) mass is 256 g/mol. The number of rotatable bonds is 3. The van der Waals surface area contributed by atoms with Crippen molar-refractivity contribution in [1.82, 2.24) is 4.57 Å². The third kappa shape index (κ3) is 3.61. The average Bonchev–Trinajstić information content (AvgIpc) is 2.71. The van der Waals surface area contributed by atoms with Gasteiger partial charge in [-0.1, -0.05) is 6.07 Å². The zero-order valence-corrected chi connectivity index (χ0v) is 11.6. The van der Waals surface area contributed by atoms with Crippen molar-refractivity contribution in [2.75, 3.05) is 5.32 Å². The van der Waals surface area contributed by atoms with Gasteiger partial charge in [-0.25, -0.2) is 4.99 Å². The summed E-state index contributed by atoms with van der Waals surface area (Å²) in [7, 11) is 2.00. The van der Waals surface area contributed by atoms with E-state index < -0.39 is 0 Å². The normalized spacial score (nSPS) is 11.6. The molecule has 0 spiro atoms. The highest BCUT2D eigenvalue weighted by molar-refractivity contribution is 5.92. The van der Waals surface area contributed by atoms with Gasteiger partial charge in [-0.05, 0) is 49.2 Å². The maximum atomic E-state index is 5.90. The van der Waals surface area contributed by atoms with Crippen LogP contribution in [0.15, 0.2) is 41.5 Å². The zero-order chi connectivity index (χ0) is 13.8. The second-order valence-electron chi connectivity index (χ2n) is 4.81. The van der Waals surface area contributed by atoms with Crippen LogP contribution in [0.5, 0.6) is 0 Å². The van der Waals surface area contributed by atoms with E-state index in [4.69, 9.17) is 5.73 Å². The first-order chi connectivity index (χ1) is 9.04. The summed E-state index contributed by atoms with van der Waals surface area (Å²) in [4.78, 5) is 4.34. The molecule has 0 aliphatic heterocycles. The van der Waals surface area contributed by atoms with Crippen molar-refractivity contribution in [3.63, 3.8) is 0 Å². The zero-order valence-electron chi connectivity index (χ0n) is 11.6. The Kier molecular flexibility index (Phi) is 3.90. The molecule has 19 heavy (non-hydrogen) atoms. The number of anilines is 1. The molecule has 4 heteroatoms. The molecule has 0 saturated heterocycles. The van der Waals surface area contributed by atoms with Crippen LogP contribution in [-0.4, -0.2) is 10.5 Å². The van der Waals surface area contributed by atoms with Crippen LogP contribution in [0, 0.1) is 13.8 Å². The molecule has 0 atom stereocenters. The molecule has 0 aliphatic carbocycles. The van der Waals surface area contributed by atoms with Crippen LogP contribution < -0.4 is 11.1 Å². The number of hydrogen-bond donors (Lipinski definition) is 2. The average molecular weight is 256 g/mol. The number of nitrogens with one attached hydrogen (secondary N) is 1. The van der Waals surface area contributed by atoms with Crippen LogP contribution in [0.25, 0.3) is 0 Å². The van der Waals surface area contributed by atoms with Crippen molar-refractivity contribution < 1.29 is 0 Å². The Morgan fingerprint density at radius 2 is 1.95 bits per heavy atom. The van der Waals surface area contributed by atoms with Crippen LogP contribution in [0.4, 0.5) is 5.69 Å². The molecule has 0 saturated carbocycles. The van der Waals surface area contributed by atoms with Gasteiger partial charge in [0.15, 0.2) is 5.96 Å². The van der Waals surface area contributed by atoms with Gasteiger partial charge in [0, 0.05) is 24.6 Å². The molecule has 0 bridgehead atoms. The highest BCUT2D eigenvalue weighted by Crippen LogP contribution is 2.13. The molecule has 2 rings (SSSR count). The first-order valence-electron chi connectivity index (χ1n) is 6.30. The van der Waals surface area contributed by atoms with E-state index in [-0.39, 0.29) is 0 Å². The first kappa shape index (κ1) is 13.2. The lowest BCUT2D eigenvalue weighted by Gasteiger charge is -2.08. The van der Waals surface area contributed by atoms with Gasteiger partial charge in [-0.15, -0.1) is 0 Å². The Balaban J connectivity index is 2.04. The third-order valence-electron chi connectivity index (χ3n) is 2.96. The van der Waals surface area contributed by atoms with E-state index in [0.29, 0.717) is 12.5 Å². The maximum absolute atomic E-state index is 5.90. The Bertz CT molecular complexity index is 576. The largest absolute Gasteiger partial charge is 0.370 e. The molecule has 3 N–H and O–H groups in total. The molecular weight excluding hydrogens is 236 g/mol. The summed E-state index contributed by atoms with van der Waals surface area (Å²) in [5, 5.41) is 3.12. The van der Waals surface area contributed by atoms with Crippen molar-refractivity contribution in [3.05, 3.63) is 53.3 Å². The molecule has 0 amide bonds. The standard InChI is InChI=1S/C15H20N4/c1-11-7-12(2)9-13(8-11)18-15(16)17-10-14-5-4-6-19(14)3/h4-9H,10H2,1-3H3,(H3,16,17,18). The summed E-state index contributed by atoms with van der Waals surface area (Å²) in [6, 6.07) is 10.3. The first-order valence-corrected chi connectivity index (χ1v) is 6.30. The number of aromatic nitrogens is 1. The topological polar surface area (TPSA) is 55.3 Å². The van der Waals surface area contributed by atoms with Crippen molar-refractivity contribution >= 4 is 11.6 Å². The van der Waals surface area contributed by atoms with Gasteiger partial charge in [0.1, 0.15) is 0 Å². The third-order valence-corrected chi connectivity index (χ3v) is 2.96. The van der Waals surface area contributed by atoms with Gasteiger partial charge in [0.2, 0.25) is 0 Å². The molecule has 2 aromatic rings. The number of hydrogen-bond acceptors (Lipinski definition) is 1. The second-order valence-corrected chi connectivity index (χ2v) is 4.81. The Morgan fingerprint density at radius 3 is 2.53 bits per heavy atom. The van der Waals surface area contributed by atoms with Crippen molar-refractivity contribution in [1.29, 1.82) is 0 Å². The number of nitrogens with two attached hydrogens (primary N) is 1. The fourth-order valence-corrected chi connectivity index (χ4v) is 2.06. The van der Waals surface area contributed by atoms with Gasteiger partial charge in [0.25, 0.3) is 0 Å². The van der Waals surface area contributed by atoms with E-state index in [0.717, 1.165) is 11.4 Å². The van der Waals surface area contributed by atoms with E-state index >= 15 is 0 Å². The van der Waals surface area contributed by atoms with Gasteiger partial charge in [-0.3, -0.25) is 0 Å². The maximum Gasteiger partial charge on any atom is 0.193 e. The summed E-state index contributed by atoms with van der Waals surface area (Å²) in [5.74, 6) is 0.436. The van der Waals surface area contributed by atoms with Crippen LogP contribution in [0.2, 0.25) is 0 Å². The van der Waals surface area contributed by atoms with Gasteiger partial charge < -0.3 is 15.6 Å². The van der Waals surface area contributed by atoms with Crippen molar-refractivity contribution in [2.45, 2.75) is 20.4 Å². The van der Waals surface area contributed by atoms with Crippen LogP contribution in [0.1, 0.15) is 16.8 Å². The highest BCUT2D eigenvalue weighted by atomic mass is 15.1. The number of aliphatic imine (C=N–C) groups is 1. The molecule has 100 valence electrons. The highest BCUT2D eigenvalue weighted by Gasteiger charge is 1.99. The lowest BCUT2D eigenvalue weighted by molar-refractivity contribution is 0.824. The smallest absolute Gasteiger partial charge is 0.193 e. The lowest BCUT2D eigenvalue weighted by atomic mass is 10.1. The molecular formula is C15H20N4. The molecule has 0 unspecified atom stereocenters. The molecule has 0 radical (unpaired) electrons. The molecule has 0 aliphatic rings. The summed E-state index contributed by atoms with van der Waals surface area (Å²) < 4.78 is 2.04. The van der Waals surface area contributed by atoms with E-state index in [9.17, 15) is 0 Å². The van der Waals surface area contributed by atoms with E-state index in [1.165, 1.54) is 11.1 Å². The molecule has 0 fully saturated rings. The predicted molar refractivity (Wildman–Crippen MR) is 80.3 cm³/mol. The fraction of sp³-hybridized carbons (Fsp3) is 0.267. The Morgan fingerprint density at radius 1 is 1.26 bits per heavy atom. The Labute approximate surface area is 114 Å². The second kappa shape index (κ2) is 5.61. The molecule has 4 nitrogen and oxygen atoms in total. The number of guanidine groups is 1. The summed E-state index contributed by atoms with van der Waals surface area (Å²) in [6.07, 6.45) is 2.00. The number of benzene rings is 1. The summed E-state index contributed by atoms with van der Waals surface area (Å²) >= 11 is 0. The van der Waals surface area contributed by atoms with Gasteiger partial charge in [0.05, 0.1) is 6.54 Å². The Hall–Kier alpha value is -2.23. The summed E-state index contributed by atoms with van der Waals surface area (Å²) in [6.45, 7) is 4.71. The minimum Gasteiger partial charge on any atom is -0.370 e. The molecule has 1 heterocycles.